The fraction of sp³-hybridized carbons (Fsp3) is 0.0909. The number of nitrogens with zero attached hydrogens (tertiary/aromatic N) is 2. The van der Waals surface area contributed by atoms with E-state index in [2.05, 4.69) is 15.9 Å². The second-order valence-electron chi connectivity index (χ2n) is 6.40. The SMILES string of the molecule is Cc1c(Cl)ccc2sc(N(Cc3ccccc3)C(=O)c3ccc(Br)cc3)nc12. The van der Waals surface area contributed by atoms with Gasteiger partial charge in [-0.05, 0) is 54.4 Å². The highest BCUT2D eigenvalue weighted by Gasteiger charge is 2.22. The van der Waals surface area contributed by atoms with E-state index < -0.39 is 0 Å². The number of fused-ring (bicyclic) bond motifs is 1. The molecule has 0 bridgehead atoms. The Morgan fingerprint density at radius 2 is 1.79 bits per heavy atom. The van der Waals surface area contributed by atoms with Crippen LogP contribution in [0.5, 0.6) is 0 Å². The summed E-state index contributed by atoms with van der Waals surface area (Å²) in [7, 11) is 0. The van der Waals surface area contributed by atoms with Crippen molar-refractivity contribution < 1.29 is 4.79 Å². The van der Waals surface area contributed by atoms with Gasteiger partial charge in [0.05, 0.1) is 16.8 Å². The van der Waals surface area contributed by atoms with Gasteiger partial charge < -0.3 is 0 Å². The topological polar surface area (TPSA) is 33.2 Å². The molecule has 0 saturated heterocycles. The highest BCUT2D eigenvalue weighted by atomic mass is 79.9. The van der Waals surface area contributed by atoms with Crippen molar-refractivity contribution in [2.45, 2.75) is 13.5 Å². The zero-order chi connectivity index (χ0) is 19.7. The maximum Gasteiger partial charge on any atom is 0.260 e. The molecule has 0 aliphatic carbocycles. The van der Waals surface area contributed by atoms with Crippen LogP contribution in [-0.4, -0.2) is 10.9 Å². The van der Waals surface area contributed by atoms with Crippen molar-refractivity contribution in [2.75, 3.05) is 4.90 Å². The van der Waals surface area contributed by atoms with Crippen LogP contribution in [0.1, 0.15) is 21.5 Å². The number of carbonyl (C=O) groups excluding carboxylic acids is 1. The van der Waals surface area contributed by atoms with Gasteiger partial charge in [-0.15, -0.1) is 0 Å². The Kier molecular flexibility index (Phi) is 5.49. The normalized spacial score (nSPS) is 11.0. The van der Waals surface area contributed by atoms with E-state index >= 15 is 0 Å². The zero-order valence-corrected chi connectivity index (χ0v) is 18.2. The van der Waals surface area contributed by atoms with Crippen LogP contribution in [0.2, 0.25) is 5.02 Å². The Morgan fingerprint density at radius 1 is 1.07 bits per heavy atom. The summed E-state index contributed by atoms with van der Waals surface area (Å²) in [5.41, 5.74) is 3.43. The lowest BCUT2D eigenvalue weighted by Crippen LogP contribution is -2.30. The third-order valence-corrected chi connectivity index (χ3v) is 6.47. The van der Waals surface area contributed by atoms with Crippen LogP contribution in [0.15, 0.2) is 71.2 Å². The van der Waals surface area contributed by atoms with Gasteiger partial charge in [-0.1, -0.05) is 69.2 Å². The summed E-state index contributed by atoms with van der Waals surface area (Å²) in [4.78, 5) is 19.8. The standard InChI is InChI=1S/C22H16BrClN2OS/c1-14-18(24)11-12-19-20(14)25-22(28-19)26(13-15-5-3-2-4-6-15)21(27)16-7-9-17(23)10-8-16/h2-12H,13H2,1H3. The van der Waals surface area contributed by atoms with E-state index in [1.54, 1.807) is 4.90 Å². The third-order valence-electron chi connectivity index (χ3n) is 4.49. The molecule has 4 rings (SSSR count). The summed E-state index contributed by atoms with van der Waals surface area (Å²) in [6.45, 7) is 2.40. The van der Waals surface area contributed by atoms with Crippen LogP contribution >= 0.6 is 38.9 Å². The second kappa shape index (κ2) is 8.03. The number of carbonyl (C=O) groups is 1. The molecule has 0 aliphatic heterocycles. The number of hydrogen-bond acceptors (Lipinski definition) is 3. The van der Waals surface area contributed by atoms with Gasteiger partial charge in [-0.2, -0.15) is 0 Å². The minimum atomic E-state index is -0.0841. The minimum Gasteiger partial charge on any atom is -0.279 e. The van der Waals surface area contributed by atoms with E-state index in [0.29, 0.717) is 22.3 Å². The van der Waals surface area contributed by atoms with Crippen LogP contribution in [0.25, 0.3) is 10.2 Å². The molecule has 0 N–H and O–H groups in total. The number of halogens is 2. The molecule has 1 aromatic heterocycles. The van der Waals surface area contributed by atoms with Gasteiger partial charge in [-0.3, -0.25) is 9.69 Å². The summed E-state index contributed by atoms with van der Waals surface area (Å²) in [6, 6.07) is 21.1. The average Bonchev–Trinajstić information content (AvgIpc) is 3.15. The molecule has 0 fully saturated rings. The second-order valence-corrected chi connectivity index (χ2v) is 8.73. The van der Waals surface area contributed by atoms with Crippen LogP contribution in [0.3, 0.4) is 0 Å². The fourth-order valence-corrected chi connectivity index (χ4v) is 4.38. The Balaban J connectivity index is 1.79. The summed E-state index contributed by atoms with van der Waals surface area (Å²) in [5, 5.41) is 1.34. The van der Waals surface area contributed by atoms with Crippen molar-refractivity contribution in [3.63, 3.8) is 0 Å². The Bertz CT molecular complexity index is 1140. The monoisotopic (exact) mass is 470 g/mol. The molecular formula is C22H16BrClN2OS. The van der Waals surface area contributed by atoms with Crippen molar-refractivity contribution in [3.8, 4) is 0 Å². The van der Waals surface area contributed by atoms with Gasteiger partial charge in [0.1, 0.15) is 0 Å². The highest BCUT2D eigenvalue weighted by Crippen LogP contribution is 2.34. The Hall–Kier alpha value is -2.21. The summed E-state index contributed by atoms with van der Waals surface area (Å²) in [6.07, 6.45) is 0. The quantitative estimate of drug-likeness (QED) is 0.325. The van der Waals surface area contributed by atoms with E-state index in [0.717, 1.165) is 25.8 Å². The van der Waals surface area contributed by atoms with Gasteiger partial charge >= 0.3 is 0 Å². The number of amides is 1. The lowest BCUT2D eigenvalue weighted by Gasteiger charge is -2.20. The number of aryl methyl sites for hydroxylation is 1. The lowest BCUT2D eigenvalue weighted by molar-refractivity contribution is 0.0985. The van der Waals surface area contributed by atoms with Crippen molar-refractivity contribution in [2.24, 2.45) is 0 Å². The largest absolute Gasteiger partial charge is 0.279 e. The number of rotatable bonds is 4. The molecule has 4 aromatic rings. The first kappa shape index (κ1) is 19.1. The van der Waals surface area contributed by atoms with Gasteiger partial charge in [0.2, 0.25) is 0 Å². The smallest absolute Gasteiger partial charge is 0.260 e. The molecule has 140 valence electrons. The van der Waals surface area contributed by atoms with Gasteiger partial charge in [0.15, 0.2) is 5.13 Å². The third kappa shape index (κ3) is 3.83. The Labute approximate surface area is 180 Å². The van der Waals surface area contributed by atoms with Crippen LogP contribution < -0.4 is 4.90 Å². The van der Waals surface area contributed by atoms with E-state index in [-0.39, 0.29) is 5.91 Å². The molecule has 0 atom stereocenters. The molecule has 3 aromatic carbocycles. The summed E-state index contributed by atoms with van der Waals surface area (Å²) >= 11 is 11.2. The zero-order valence-electron chi connectivity index (χ0n) is 15.0. The molecule has 3 nitrogen and oxygen atoms in total. The van der Waals surface area contributed by atoms with Crippen LogP contribution in [0, 0.1) is 6.92 Å². The predicted octanol–water partition coefficient (Wildman–Crippen LogP) is 6.87. The number of hydrogen-bond donors (Lipinski definition) is 0. The molecule has 0 unspecified atom stereocenters. The molecule has 1 heterocycles. The summed E-state index contributed by atoms with van der Waals surface area (Å²) < 4.78 is 1.95. The van der Waals surface area contributed by atoms with E-state index in [9.17, 15) is 4.79 Å². The molecule has 6 heteroatoms. The first-order valence-electron chi connectivity index (χ1n) is 8.70. The van der Waals surface area contributed by atoms with Gasteiger partial charge in [-0.25, -0.2) is 4.98 Å². The van der Waals surface area contributed by atoms with Gasteiger partial charge in [0.25, 0.3) is 5.91 Å². The number of aromatic nitrogens is 1. The van der Waals surface area contributed by atoms with E-state index in [1.165, 1.54) is 11.3 Å². The van der Waals surface area contributed by atoms with Crippen molar-refractivity contribution in [1.82, 2.24) is 4.98 Å². The molecule has 0 saturated carbocycles. The molecule has 1 amide bonds. The maximum atomic E-state index is 13.3. The van der Waals surface area contributed by atoms with E-state index in [4.69, 9.17) is 16.6 Å². The van der Waals surface area contributed by atoms with Crippen LogP contribution in [-0.2, 0) is 6.54 Å². The molecule has 28 heavy (non-hydrogen) atoms. The Morgan fingerprint density at radius 3 is 2.50 bits per heavy atom. The van der Waals surface area contributed by atoms with Crippen molar-refractivity contribution in [3.05, 3.63) is 92.9 Å². The maximum absolute atomic E-state index is 13.3. The molecular weight excluding hydrogens is 456 g/mol. The first-order valence-corrected chi connectivity index (χ1v) is 10.7. The summed E-state index contributed by atoms with van der Waals surface area (Å²) in [5.74, 6) is -0.0841. The van der Waals surface area contributed by atoms with Crippen LogP contribution in [0.4, 0.5) is 5.13 Å². The molecule has 0 spiro atoms. The number of anilines is 1. The average molecular weight is 472 g/mol. The first-order chi connectivity index (χ1) is 13.5. The highest BCUT2D eigenvalue weighted by molar-refractivity contribution is 9.10. The van der Waals surface area contributed by atoms with Crippen molar-refractivity contribution >= 4 is 60.1 Å². The van der Waals surface area contributed by atoms with Crippen molar-refractivity contribution in [1.29, 1.82) is 0 Å². The van der Waals surface area contributed by atoms with Gasteiger partial charge in [0, 0.05) is 15.1 Å². The number of thiazole rings is 1. The molecule has 0 aliphatic rings. The molecule has 0 radical (unpaired) electrons. The fourth-order valence-electron chi connectivity index (χ4n) is 2.94. The van der Waals surface area contributed by atoms with E-state index in [1.807, 2.05) is 73.7 Å². The minimum absolute atomic E-state index is 0.0841. The lowest BCUT2D eigenvalue weighted by atomic mass is 10.1. The number of benzene rings is 3. The predicted molar refractivity (Wildman–Crippen MR) is 120 cm³/mol.